The van der Waals surface area contributed by atoms with Crippen molar-refractivity contribution < 1.29 is 27.7 Å². The number of nitro benzene ring substituents is 1. The van der Waals surface area contributed by atoms with Crippen LogP contribution in [0.2, 0.25) is 0 Å². The first-order chi connectivity index (χ1) is 19.6. The maximum absolute atomic E-state index is 14.1. The summed E-state index contributed by atoms with van der Waals surface area (Å²) in [4.78, 5) is 38.4. The number of ether oxygens (including phenoxy) is 1. The molecule has 2 heterocycles. The topological polar surface area (TPSA) is 127 Å². The van der Waals surface area contributed by atoms with E-state index in [1.807, 2.05) is 43.3 Å². The summed E-state index contributed by atoms with van der Waals surface area (Å²) < 4.78 is 35.1. The first-order valence-electron chi connectivity index (χ1n) is 13.0. The molecule has 1 unspecified atom stereocenters. The van der Waals surface area contributed by atoms with Gasteiger partial charge in [0.15, 0.2) is 6.04 Å². The Hall–Kier alpha value is -4.61. The Kier molecular flexibility index (Phi) is 6.55. The molecule has 6 rings (SSSR count). The van der Waals surface area contributed by atoms with Gasteiger partial charge in [0.1, 0.15) is 12.8 Å². The lowest BCUT2D eigenvalue weighted by molar-refractivity contribution is -0.384. The number of amides is 1. The van der Waals surface area contributed by atoms with E-state index >= 15 is 0 Å². The zero-order valence-corrected chi connectivity index (χ0v) is 22.7. The predicted molar refractivity (Wildman–Crippen MR) is 149 cm³/mol. The molecule has 1 amide bonds. The quantitative estimate of drug-likeness (QED) is 0.139. The lowest BCUT2D eigenvalue weighted by Gasteiger charge is -2.38. The molecule has 0 N–H and O–H groups in total. The molecule has 3 atom stereocenters. The molecule has 0 aromatic heterocycles. The Balaban J connectivity index is 1.40. The van der Waals surface area contributed by atoms with Crippen molar-refractivity contribution in [1.29, 1.82) is 0 Å². The van der Waals surface area contributed by atoms with Gasteiger partial charge in [-0.3, -0.25) is 14.9 Å². The van der Waals surface area contributed by atoms with E-state index in [-0.39, 0.29) is 29.5 Å². The van der Waals surface area contributed by atoms with Crippen molar-refractivity contribution in [3.05, 3.63) is 118 Å². The molecule has 2 saturated heterocycles. The van der Waals surface area contributed by atoms with E-state index in [2.05, 4.69) is 0 Å². The Morgan fingerprint density at radius 3 is 2.32 bits per heavy atom. The van der Waals surface area contributed by atoms with E-state index in [0.717, 1.165) is 16.3 Å². The highest BCUT2D eigenvalue weighted by Crippen LogP contribution is 2.48. The standard InChI is InChI=1S/C30H25N3O7S/c1-19-6-14-25(15-7-19)41(38,39)32-26-17-27(34)31(26)29(28(32)23-11-10-21-4-2-3-5-22(21)16-23)30(35)40-18-20-8-12-24(13-9-20)33(36)37/h2-16,26,28-29H,17-18H2,1H3/t26-,28?,29-/m1/s1. The number of fused-ring (bicyclic) bond motifs is 2. The van der Waals surface area contributed by atoms with E-state index < -0.39 is 39.2 Å². The third-order valence-corrected chi connectivity index (χ3v) is 9.51. The van der Waals surface area contributed by atoms with Crippen molar-refractivity contribution in [2.75, 3.05) is 0 Å². The fourth-order valence-corrected chi connectivity index (χ4v) is 7.26. The second kappa shape index (κ2) is 10.1. The number of nitro groups is 1. The van der Waals surface area contributed by atoms with Crippen LogP contribution < -0.4 is 0 Å². The number of carbonyl (C=O) groups excluding carboxylic acids is 2. The van der Waals surface area contributed by atoms with Crippen molar-refractivity contribution in [2.45, 2.75) is 43.1 Å². The number of nitrogens with zero attached hydrogens (tertiary/aromatic N) is 3. The summed E-state index contributed by atoms with van der Waals surface area (Å²) in [6, 6.07) is 22.8. The third kappa shape index (κ3) is 4.62. The van der Waals surface area contributed by atoms with Gasteiger partial charge in [-0.15, -0.1) is 0 Å². The van der Waals surface area contributed by atoms with Gasteiger partial charge in [-0.1, -0.05) is 54.1 Å². The summed E-state index contributed by atoms with van der Waals surface area (Å²) >= 11 is 0. The molecule has 41 heavy (non-hydrogen) atoms. The van der Waals surface area contributed by atoms with E-state index in [1.54, 1.807) is 18.2 Å². The molecule has 11 heteroatoms. The van der Waals surface area contributed by atoms with Gasteiger partial charge in [-0.2, -0.15) is 4.31 Å². The van der Waals surface area contributed by atoms with Crippen LogP contribution in [0.25, 0.3) is 10.8 Å². The Morgan fingerprint density at radius 2 is 1.66 bits per heavy atom. The van der Waals surface area contributed by atoms with Crippen molar-refractivity contribution in [3.63, 3.8) is 0 Å². The minimum atomic E-state index is -4.14. The highest BCUT2D eigenvalue weighted by molar-refractivity contribution is 7.89. The van der Waals surface area contributed by atoms with Crippen molar-refractivity contribution >= 4 is 38.4 Å². The molecule has 208 valence electrons. The van der Waals surface area contributed by atoms with E-state index in [1.165, 1.54) is 45.6 Å². The van der Waals surface area contributed by atoms with Crippen LogP contribution in [0.4, 0.5) is 5.69 Å². The third-order valence-electron chi connectivity index (χ3n) is 7.61. The number of hydrogen-bond donors (Lipinski definition) is 0. The molecule has 2 fully saturated rings. The van der Waals surface area contributed by atoms with Gasteiger partial charge in [0.25, 0.3) is 5.69 Å². The van der Waals surface area contributed by atoms with Crippen LogP contribution in [0, 0.1) is 17.0 Å². The minimum absolute atomic E-state index is 0.0543. The van der Waals surface area contributed by atoms with Gasteiger partial charge >= 0.3 is 5.97 Å². The second-order valence-corrected chi connectivity index (χ2v) is 12.0. The van der Waals surface area contributed by atoms with Crippen molar-refractivity contribution in [2.24, 2.45) is 0 Å². The molecular weight excluding hydrogens is 546 g/mol. The molecule has 0 radical (unpaired) electrons. The molecule has 0 aliphatic carbocycles. The van der Waals surface area contributed by atoms with Gasteiger partial charge < -0.3 is 9.64 Å². The first-order valence-corrected chi connectivity index (χ1v) is 14.4. The van der Waals surface area contributed by atoms with Gasteiger partial charge in [-0.25, -0.2) is 13.2 Å². The molecule has 0 spiro atoms. The summed E-state index contributed by atoms with van der Waals surface area (Å²) in [5.41, 5.74) is 1.86. The number of carbonyl (C=O) groups is 2. The predicted octanol–water partition coefficient (Wildman–Crippen LogP) is 4.47. The summed E-state index contributed by atoms with van der Waals surface area (Å²) in [6.07, 6.45) is -0.899. The van der Waals surface area contributed by atoms with E-state index in [4.69, 9.17) is 4.74 Å². The van der Waals surface area contributed by atoms with Crippen LogP contribution >= 0.6 is 0 Å². The maximum atomic E-state index is 14.1. The molecule has 0 saturated carbocycles. The summed E-state index contributed by atoms with van der Waals surface area (Å²) in [7, 11) is -4.14. The highest BCUT2D eigenvalue weighted by atomic mass is 32.2. The largest absolute Gasteiger partial charge is 0.459 e. The molecule has 4 aromatic carbocycles. The SMILES string of the molecule is Cc1ccc(S(=O)(=O)N2C(c3ccc4ccccc4c3)[C@H](C(=O)OCc3ccc([N+](=O)[O-])cc3)N3C(=O)C[C@H]32)cc1. The number of benzene rings is 4. The van der Waals surface area contributed by atoms with E-state index in [0.29, 0.717) is 11.1 Å². The zero-order valence-electron chi connectivity index (χ0n) is 21.9. The Morgan fingerprint density at radius 1 is 0.976 bits per heavy atom. The Bertz CT molecular complexity index is 1790. The smallest absolute Gasteiger partial charge is 0.331 e. The molecule has 0 bridgehead atoms. The van der Waals surface area contributed by atoms with Crippen LogP contribution in [-0.2, 0) is 31.0 Å². The number of non-ortho nitro benzene ring substituents is 1. The van der Waals surface area contributed by atoms with Crippen molar-refractivity contribution in [3.8, 4) is 0 Å². The molecule has 2 aliphatic rings. The fraction of sp³-hybridized carbons (Fsp3) is 0.200. The van der Waals surface area contributed by atoms with E-state index in [9.17, 15) is 28.1 Å². The number of aryl methyl sites for hydroxylation is 1. The minimum Gasteiger partial charge on any atom is -0.459 e. The summed E-state index contributed by atoms with van der Waals surface area (Å²) in [5, 5.41) is 12.8. The normalized spacial score (nSPS) is 20.5. The fourth-order valence-electron chi connectivity index (χ4n) is 5.50. The number of rotatable bonds is 7. The number of sulfonamides is 1. The molecule has 4 aromatic rings. The summed E-state index contributed by atoms with van der Waals surface area (Å²) in [5.74, 6) is -1.11. The lowest BCUT2D eigenvalue weighted by Crippen LogP contribution is -2.58. The maximum Gasteiger partial charge on any atom is 0.331 e. The van der Waals surface area contributed by atoms with Crippen LogP contribution in [0.5, 0.6) is 0 Å². The van der Waals surface area contributed by atoms with Gasteiger partial charge in [-0.05, 0) is 59.2 Å². The summed E-state index contributed by atoms with van der Waals surface area (Å²) in [6.45, 7) is 1.66. The zero-order chi connectivity index (χ0) is 28.9. The van der Waals surface area contributed by atoms with Crippen LogP contribution in [0.15, 0.2) is 95.9 Å². The average Bonchev–Trinajstić information content (AvgIpc) is 3.26. The van der Waals surface area contributed by atoms with Crippen LogP contribution in [0.1, 0.15) is 29.2 Å². The number of hydrogen-bond acceptors (Lipinski definition) is 7. The number of β-lactam (4-membered cyclic amide) rings is 1. The monoisotopic (exact) mass is 571 g/mol. The lowest BCUT2D eigenvalue weighted by atomic mass is 9.96. The highest BCUT2D eigenvalue weighted by Gasteiger charge is 2.63. The first kappa shape index (κ1) is 26.6. The average molecular weight is 572 g/mol. The molecule has 2 aliphatic heterocycles. The van der Waals surface area contributed by atoms with Crippen molar-refractivity contribution in [1.82, 2.24) is 9.21 Å². The van der Waals surface area contributed by atoms with Gasteiger partial charge in [0, 0.05) is 12.1 Å². The second-order valence-electron chi connectivity index (χ2n) is 10.2. The molecular formula is C30H25N3O7S. The number of esters is 1. The molecule has 10 nitrogen and oxygen atoms in total. The Labute approximate surface area is 236 Å². The van der Waals surface area contributed by atoms with Crippen LogP contribution in [0.3, 0.4) is 0 Å². The van der Waals surface area contributed by atoms with Gasteiger partial charge in [0.05, 0.1) is 22.3 Å². The van der Waals surface area contributed by atoms with Gasteiger partial charge in [0.2, 0.25) is 15.9 Å². The van der Waals surface area contributed by atoms with Crippen LogP contribution in [-0.4, -0.2) is 46.6 Å².